The van der Waals surface area contributed by atoms with Gasteiger partial charge in [0.1, 0.15) is 6.61 Å². The van der Waals surface area contributed by atoms with Crippen LogP contribution in [0.25, 0.3) is 0 Å². The highest BCUT2D eigenvalue weighted by molar-refractivity contribution is 6.04. The van der Waals surface area contributed by atoms with Crippen LogP contribution in [0.1, 0.15) is 45.1 Å². The van der Waals surface area contributed by atoms with Crippen molar-refractivity contribution < 1.29 is 28.5 Å². The van der Waals surface area contributed by atoms with Gasteiger partial charge >= 0.3 is 5.97 Å². The first-order valence-electron chi connectivity index (χ1n) is 10.1. The number of benzene rings is 1. The minimum Gasteiger partial charge on any atom is -0.460 e. The number of carbonyl (C=O) groups is 2. The normalized spacial score (nSPS) is 22.0. The van der Waals surface area contributed by atoms with Crippen LogP contribution in [0.5, 0.6) is 11.5 Å². The summed E-state index contributed by atoms with van der Waals surface area (Å²) in [5.41, 5.74) is 3.32. The minimum absolute atomic E-state index is 0.0473. The van der Waals surface area contributed by atoms with E-state index >= 15 is 0 Å². The largest absolute Gasteiger partial charge is 0.460 e. The summed E-state index contributed by atoms with van der Waals surface area (Å²) < 4.78 is 21.4. The highest BCUT2D eigenvalue weighted by Crippen LogP contribution is 2.48. The van der Waals surface area contributed by atoms with Crippen molar-refractivity contribution in [3.63, 3.8) is 0 Å². The predicted octanol–water partition coefficient (Wildman–Crippen LogP) is 3.21. The van der Waals surface area contributed by atoms with Gasteiger partial charge in [-0.3, -0.25) is 4.79 Å². The Bertz CT molecular complexity index is 958. The lowest BCUT2D eigenvalue weighted by Crippen LogP contribution is -2.38. The summed E-state index contributed by atoms with van der Waals surface area (Å²) in [6.07, 6.45) is 1.16. The van der Waals surface area contributed by atoms with Crippen LogP contribution in [-0.2, 0) is 19.1 Å². The molecule has 7 nitrogen and oxygen atoms in total. The number of rotatable bonds is 5. The third kappa shape index (κ3) is 3.69. The second kappa shape index (κ2) is 7.80. The Hall–Kier alpha value is -2.80. The number of hydrogen-bond acceptors (Lipinski definition) is 7. The molecule has 0 saturated carbocycles. The van der Waals surface area contributed by atoms with Gasteiger partial charge in [0.05, 0.1) is 12.2 Å². The maximum absolute atomic E-state index is 13.2. The van der Waals surface area contributed by atoms with Crippen LogP contribution in [0, 0.1) is 5.41 Å². The molecule has 2 aliphatic heterocycles. The van der Waals surface area contributed by atoms with Crippen molar-refractivity contribution in [3.8, 4) is 11.5 Å². The number of dihydropyridines is 1. The quantitative estimate of drug-likeness (QED) is 0.586. The van der Waals surface area contributed by atoms with Crippen LogP contribution in [0.2, 0.25) is 0 Å². The first kappa shape index (κ1) is 20.5. The molecular formula is C23H27NO6. The van der Waals surface area contributed by atoms with Gasteiger partial charge in [0, 0.05) is 36.4 Å². The van der Waals surface area contributed by atoms with E-state index in [-0.39, 0.29) is 24.6 Å². The molecule has 7 heteroatoms. The topological polar surface area (TPSA) is 83.1 Å². The number of Topliss-reactive ketones (excluding diaryl/α,β-unsaturated/α-hetero) is 1. The van der Waals surface area contributed by atoms with Crippen molar-refractivity contribution in [2.24, 2.45) is 5.41 Å². The third-order valence-corrected chi connectivity index (χ3v) is 5.71. The fraction of sp³-hybridized carbons (Fsp3) is 0.478. The molecule has 0 radical (unpaired) electrons. The van der Waals surface area contributed by atoms with Crippen molar-refractivity contribution in [3.05, 3.63) is 46.3 Å². The molecule has 0 unspecified atom stereocenters. The standard InChI is InChI=1S/C23H27NO6/c1-13-19(22(26)28-8-7-27-4)20(14-5-6-17-18(9-14)30-12-29-17)21-15(24-13)10-23(2,3)11-16(21)25/h5-6,9,20,24H,7-8,10-12H2,1-4H3/t20-/m1/s1. The van der Waals surface area contributed by atoms with Crippen molar-refractivity contribution >= 4 is 11.8 Å². The number of allylic oxidation sites excluding steroid dienone is 3. The molecule has 0 fully saturated rings. The van der Waals surface area contributed by atoms with Gasteiger partial charge in [-0.05, 0) is 36.5 Å². The van der Waals surface area contributed by atoms with Crippen LogP contribution in [0.4, 0.5) is 0 Å². The van der Waals surface area contributed by atoms with E-state index in [1.165, 1.54) is 0 Å². The van der Waals surface area contributed by atoms with Gasteiger partial charge in [0.15, 0.2) is 17.3 Å². The lowest BCUT2D eigenvalue weighted by Gasteiger charge is -2.39. The maximum atomic E-state index is 13.2. The summed E-state index contributed by atoms with van der Waals surface area (Å²) in [6, 6.07) is 5.56. The summed E-state index contributed by atoms with van der Waals surface area (Å²) in [7, 11) is 1.55. The van der Waals surface area contributed by atoms with Crippen molar-refractivity contribution in [1.29, 1.82) is 0 Å². The Balaban J connectivity index is 1.79. The molecule has 0 aromatic heterocycles. The molecule has 30 heavy (non-hydrogen) atoms. The van der Waals surface area contributed by atoms with E-state index in [0.29, 0.717) is 41.4 Å². The van der Waals surface area contributed by atoms with Crippen LogP contribution in [0.15, 0.2) is 40.7 Å². The van der Waals surface area contributed by atoms with Gasteiger partial charge in [-0.15, -0.1) is 0 Å². The number of fused-ring (bicyclic) bond motifs is 1. The zero-order valence-electron chi connectivity index (χ0n) is 17.8. The molecule has 0 saturated heterocycles. The molecule has 1 N–H and O–H groups in total. The maximum Gasteiger partial charge on any atom is 0.336 e. The first-order chi connectivity index (χ1) is 14.3. The fourth-order valence-electron chi connectivity index (χ4n) is 4.43. The summed E-state index contributed by atoms with van der Waals surface area (Å²) in [4.78, 5) is 26.3. The Morgan fingerprint density at radius 3 is 2.73 bits per heavy atom. The van der Waals surface area contributed by atoms with Crippen LogP contribution >= 0.6 is 0 Å². The molecule has 1 atom stereocenters. The van der Waals surface area contributed by atoms with E-state index in [1.54, 1.807) is 7.11 Å². The molecule has 1 aromatic carbocycles. The number of hydrogen-bond donors (Lipinski definition) is 1. The number of esters is 1. The molecule has 160 valence electrons. The molecule has 1 aromatic rings. The van der Waals surface area contributed by atoms with Crippen LogP contribution < -0.4 is 14.8 Å². The number of nitrogens with one attached hydrogen (secondary N) is 1. The minimum atomic E-state index is -0.519. The third-order valence-electron chi connectivity index (χ3n) is 5.71. The zero-order valence-corrected chi connectivity index (χ0v) is 17.8. The highest BCUT2D eigenvalue weighted by atomic mass is 16.7. The Labute approximate surface area is 176 Å². The average molecular weight is 413 g/mol. The van der Waals surface area contributed by atoms with E-state index in [1.807, 2.05) is 25.1 Å². The molecule has 4 rings (SSSR count). The molecular weight excluding hydrogens is 386 g/mol. The second-order valence-corrected chi connectivity index (χ2v) is 8.67. The van der Waals surface area contributed by atoms with E-state index < -0.39 is 11.9 Å². The van der Waals surface area contributed by atoms with Crippen molar-refractivity contribution in [2.45, 2.75) is 39.5 Å². The predicted molar refractivity (Wildman–Crippen MR) is 109 cm³/mol. The second-order valence-electron chi connectivity index (χ2n) is 8.67. The molecule has 0 amide bonds. The van der Waals surface area contributed by atoms with Gasteiger partial charge in [0.25, 0.3) is 0 Å². The molecule has 3 aliphatic rings. The lowest BCUT2D eigenvalue weighted by molar-refractivity contribution is -0.140. The van der Waals surface area contributed by atoms with Gasteiger partial charge < -0.3 is 24.3 Å². The summed E-state index contributed by atoms with van der Waals surface area (Å²) in [5.74, 6) is 0.342. The fourth-order valence-corrected chi connectivity index (χ4v) is 4.43. The van der Waals surface area contributed by atoms with E-state index in [0.717, 1.165) is 17.7 Å². The Morgan fingerprint density at radius 1 is 1.20 bits per heavy atom. The number of ether oxygens (including phenoxy) is 4. The monoisotopic (exact) mass is 413 g/mol. The summed E-state index contributed by atoms with van der Waals surface area (Å²) >= 11 is 0. The number of ketones is 1. The van der Waals surface area contributed by atoms with Gasteiger partial charge in [-0.2, -0.15) is 0 Å². The van der Waals surface area contributed by atoms with Crippen molar-refractivity contribution in [1.82, 2.24) is 5.32 Å². The van der Waals surface area contributed by atoms with Crippen molar-refractivity contribution in [2.75, 3.05) is 27.1 Å². The van der Waals surface area contributed by atoms with Gasteiger partial charge in [-0.25, -0.2) is 4.79 Å². The Morgan fingerprint density at radius 2 is 1.97 bits per heavy atom. The molecule has 0 spiro atoms. The molecule has 2 heterocycles. The Kier molecular flexibility index (Phi) is 5.32. The van der Waals surface area contributed by atoms with Crippen LogP contribution in [0.3, 0.4) is 0 Å². The van der Waals surface area contributed by atoms with E-state index in [9.17, 15) is 9.59 Å². The molecule has 1 aliphatic carbocycles. The van der Waals surface area contributed by atoms with Crippen LogP contribution in [-0.4, -0.2) is 38.9 Å². The molecule has 0 bridgehead atoms. The van der Waals surface area contributed by atoms with Gasteiger partial charge in [-0.1, -0.05) is 19.9 Å². The lowest BCUT2D eigenvalue weighted by atomic mass is 9.68. The van der Waals surface area contributed by atoms with Gasteiger partial charge in [0.2, 0.25) is 6.79 Å². The van der Waals surface area contributed by atoms with E-state index in [4.69, 9.17) is 18.9 Å². The summed E-state index contributed by atoms with van der Waals surface area (Å²) in [5, 5.41) is 3.33. The number of methoxy groups -OCH3 is 1. The number of carbonyl (C=O) groups excluding carboxylic acids is 2. The van der Waals surface area contributed by atoms with E-state index in [2.05, 4.69) is 19.2 Å². The highest BCUT2D eigenvalue weighted by Gasteiger charge is 2.43. The zero-order chi connectivity index (χ0) is 21.5. The smallest absolute Gasteiger partial charge is 0.336 e. The first-order valence-corrected chi connectivity index (χ1v) is 10.1. The average Bonchev–Trinajstić information content (AvgIpc) is 3.13. The SMILES string of the molecule is COCCOC(=O)C1=C(C)NC2=C(C(=O)CC(C)(C)C2)[C@@H]1c1ccc2c(c1)OCO2. The summed E-state index contributed by atoms with van der Waals surface area (Å²) in [6.45, 7) is 6.63.